The highest BCUT2D eigenvalue weighted by Gasteiger charge is 2.45. The van der Waals surface area contributed by atoms with Gasteiger partial charge in [-0.05, 0) is 44.2 Å². The second kappa shape index (κ2) is 6.01. The lowest BCUT2D eigenvalue weighted by Crippen LogP contribution is -2.49. The number of hydrazine groups is 1. The molecule has 0 N–H and O–H groups in total. The van der Waals surface area contributed by atoms with Gasteiger partial charge in [-0.2, -0.15) is 23.4 Å². The van der Waals surface area contributed by atoms with Gasteiger partial charge in [0.2, 0.25) is 0 Å². The maximum absolute atomic E-state index is 13.6. The fourth-order valence-corrected chi connectivity index (χ4v) is 2.83. The summed E-state index contributed by atoms with van der Waals surface area (Å²) in [6, 6.07) is 4.02. The van der Waals surface area contributed by atoms with Gasteiger partial charge in [-0.3, -0.25) is 5.01 Å². The molecule has 0 aromatic heterocycles. The Balaban J connectivity index is 1.98. The van der Waals surface area contributed by atoms with Crippen LogP contribution in [0.1, 0.15) is 25.0 Å². The van der Waals surface area contributed by atoms with Crippen molar-refractivity contribution in [2.75, 3.05) is 6.54 Å². The van der Waals surface area contributed by atoms with Gasteiger partial charge in [0.15, 0.2) is 0 Å². The summed E-state index contributed by atoms with van der Waals surface area (Å²) in [5, 5.41) is 11.8. The first-order valence-corrected chi connectivity index (χ1v) is 7.53. The van der Waals surface area contributed by atoms with E-state index in [2.05, 4.69) is 4.99 Å². The topological polar surface area (TPSA) is 42.6 Å². The minimum atomic E-state index is -4.37. The summed E-state index contributed by atoms with van der Waals surface area (Å²) < 4.78 is 52.7. The number of aliphatic imine (C=N–C) groups is 1. The molecule has 0 bridgehead atoms. The van der Waals surface area contributed by atoms with Gasteiger partial charge in [0.05, 0.1) is 17.3 Å². The molecule has 2 aliphatic heterocycles. The predicted octanol–water partition coefficient (Wildman–Crippen LogP) is 3.73. The molecular weight excluding hydrogens is 336 g/mol. The molecule has 1 atom stereocenters. The van der Waals surface area contributed by atoms with Gasteiger partial charge in [0.1, 0.15) is 17.7 Å². The highest BCUT2D eigenvalue weighted by Crippen LogP contribution is 2.34. The third-order valence-electron chi connectivity index (χ3n) is 4.15. The lowest BCUT2D eigenvalue weighted by molar-refractivity contribution is -0.201. The van der Waals surface area contributed by atoms with Crippen molar-refractivity contribution in [3.8, 4) is 6.07 Å². The lowest BCUT2D eigenvalue weighted by Gasteiger charge is -2.38. The number of allylic oxidation sites excluding steroid dienone is 2. The number of nitriles is 1. The first kappa shape index (κ1) is 17.2. The van der Waals surface area contributed by atoms with Gasteiger partial charge < -0.3 is 0 Å². The first-order chi connectivity index (χ1) is 11.7. The number of rotatable bonds is 2. The van der Waals surface area contributed by atoms with Crippen LogP contribution in [0.5, 0.6) is 0 Å². The van der Waals surface area contributed by atoms with Crippen LogP contribution in [0.15, 0.2) is 46.9 Å². The van der Waals surface area contributed by atoms with Crippen molar-refractivity contribution in [1.29, 1.82) is 5.26 Å². The molecule has 2 aliphatic rings. The van der Waals surface area contributed by atoms with E-state index in [9.17, 15) is 22.8 Å². The summed E-state index contributed by atoms with van der Waals surface area (Å²) in [5.41, 5.74) is 1.41. The van der Waals surface area contributed by atoms with Gasteiger partial charge in [0.25, 0.3) is 0 Å². The number of halogens is 4. The van der Waals surface area contributed by atoms with E-state index < -0.39 is 18.0 Å². The van der Waals surface area contributed by atoms with Crippen molar-refractivity contribution in [3.05, 3.63) is 58.8 Å². The second-order valence-electron chi connectivity index (χ2n) is 5.80. The molecule has 1 aromatic carbocycles. The van der Waals surface area contributed by atoms with Gasteiger partial charge in [-0.1, -0.05) is 0 Å². The maximum atomic E-state index is 13.6. The zero-order valence-corrected chi connectivity index (χ0v) is 13.5. The van der Waals surface area contributed by atoms with E-state index in [1.807, 2.05) is 6.07 Å². The lowest BCUT2D eigenvalue weighted by atomic mass is 10.0. The average Bonchev–Trinajstić information content (AvgIpc) is 2.97. The molecule has 0 amide bonds. The SMILES string of the molecule is CC1=CC(c2cc(F)ccc2C#N)=NC2=CCN([C@H](C)C(F)(F)F)N12. The van der Waals surface area contributed by atoms with Gasteiger partial charge in [-0.25, -0.2) is 9.38 Å². The molecule has 130 valence electrons. The summed E-state index contributed by atoms with van der Waals surface area (Å²) in [5.74, 6) is -0.183. The first-order valence-electron chi connectivity index (χ1n) is 7.53. The van der Waals surface area contributed by atoms with E-state index in [1.54, 1.807) is 19.1 Å². The van der Waals surface area contributed by atoms with Crippen molar-refractivity contribution in [1.82, 2.24) is 10.0 Å². The standard InChI is InChI=1S/C17H14F4N4/c1-10-7-15(14-8-13(18)4-3-12(14)9-22)23-16-5-6-24(25(10)16)11(2)17(19,20)21/h3-5,7-8,11H,6H2,1-2H3/t11-/m1/s1. The number of fused-ring (bicyclic) bond motifs is 1. The van der Waals surface area contributed by atoms with Crippen LogP contribution in [0.3, 0.4) is 0 Å². The quantitative estimate of drug-likeness (QED) is 0.764. The van der Waals surface area contributed by atoms with E-state index >= 15 is 0 Å². The molecule has 3 rings (SSSR count). The molecule has 1 aromatic rings. The molecule has 0 spiro atoms. The van der Waals surface area contributed by atoms with Gasteiger partial charge in [-0.15, -0.1) is 0 Å². The summed E-state index contributed by atoms with van der Waals surface area (Å²) in [7, 11) is 0. The molecule has 8 heteroatoms. The van der Waals surface area contributed by atoms with Gasteiger partial charge >= 0.3 is 6.18 Å². The number of benzene rings is 1. The minimum absolute atomic E-state index is 0.0617. The van der Waals surface area contributed by atoms with Crippen LogP contribution >= 0.6 is 0 Å². The van der Waals surface area contributed by atoms with Crippen molar-refractivity contribution < 1.29 is 17.6 Å². The van der Waals surface area contributed by atoms with Crippen LogP contribution in [0.4, 0.5) is 17.6 Å². The van der Waals surface area contributed by atoms with Crippen LogP contribution in [0.2, 0.25) is 0 Å². The Bertz CT molecular complexity index is 845. The maximum Gasteiger partial charge on any atom is 0.405 e. The Hall–Kier alpha value is -2.66. The smallest absolute Gasteiger partial charge is 0.261 e. The minimum Gasteiger partial charge on any atom is -0.261 e. The zero-order valence-electron chi connectivity index (χ0n) is 13.5. The molecule has 4 nitrogen and oxygen atoms in total. The normalized spacial score (nSPS) is 18.9. The van der Waals surface area contributed by atoms with E-state index in [-0.39, 0.29) is 12.1 Å². The monoisotopic (exact) mass is 350 g/mol. The highest BCUT2D eigenvalue weighted by molar-refractivity contribution is 6.11. The zero-order chi connectivity index (χ0) is 18.4. The van der Waals surface area contributed by atoms with Crippen LogP contribution < -0.4 is 0 Å². The Kier molecular flexibility index (Phi) is 4.13. The second-order valence-corrected chi connectivity index (χ2v) is 5.80. The molecule has 0 radical (unpaired) electrons. The van der Waals surface area contributed by atoms with Crippen LogP contribution in [0, 0.1) is 17.1 Å². The van der Waals surface area contributed by atoms with Crippen molar-refractivity contribution in [3.63, 3.8) is 0 Å². The molecular formula is C17H14F4N4. The third-order valence-corrected chi connectivity index (χ3v) is 4.15. The van der Waals surface area contributed by atoms with Crippen LogP contribution in [-0.4, -0.2) is 34.5 Å². The number of hydrogen-bond donors (Lipinski definition) is 0. The Morgan fingerprint density at radius 3 is 2.68 bits per heavy atom. The van der Waals surface area contributed by atoms with Crippen molar-refractivity contribution in [2.24, 2.45) is 4.99 Å². The van der Waals surface area contributed by atoms with E-state index in [0.29, 0.717) is 22.8 Å². The number of nitrogens with zero attached hydrogens (tertiary/aromatic N) is 4. The fourth-order valence-electron chi connectivity index (χ4n) is 2.83. The summed E-state index contributed by atoms with van der Waals surface area (Å²) in [6.45, 7) is 2.80. The number of alkyl halides is 3. The summed E-state index contributed by atoms with van der Waals surface area (Å²) >= 11 is 0. The van der Waals surface area contributed by atoms with Crippen molar-refractivity contribution in [2.45, 2.75) is 26.1 Å². The van der Waals surface area contributed by atoms with Crippen LogP contribution in [0.25, 0.3) is 0 Å². The molecule has 25 heavy (non-hydrogen) atoms. The van der Waals surface area contributed by atoms with Gasteiger partial charge in [0, 0.05) is 17.8 Å². The summed E-state index contributed by atoms with van der Waals surface area (Å²) in [4.78, 5) is 4.33. The molecule has 0 saturated carbocycles. The Labute approximate surface area is 141 Å². The largest absolute Gasteiger partial charge is 0.405 e. The van der Waals surface area contributed by atoms with E-state index in [1.165, 1.54) is 23.2 Å². The molecule has 0 unspecified atom stereocenters. The molecule has 2 heterocycles. The molecule has 0 aliphatic carbocycles. The van der Waals surface area contributed by atoms with E-state index in [0.717, 1.165) is 11.9 Å². The fraction of sp³-hybridized carbons (Fsp3) is 0.294. The van der Waals surface area contributed by atoms with Crippen LogP contribution in [-0.2, 0) is 0 Å². The molecule has 0 saturated heterocycles. The number of hydrogen-bond acceptors (Lipinski definition) is 4. The predicted molar refractivity (Wildman–Crippen MR) is 83.6 cm³/mol. The Morgan fingerprint density at radius 1 is 1.32 bits per heavy atom. The summed E-state index contributed by atoms with van der Waals surface area (Å²) in [6.07, 6.45) is -1.25. The average molecular weight is 350 g/mol. The van der Waals surface area contributed by atoms with E-state index in [4.69, 9.17) is 0 Å². The molecule has 0 fully saturated rings. The van der Waals surface area contributed by atoms with Crippen molar-refractivity contribution >= 4 is 5.71 Å². The Morgan fingerprint density at radius 2 is 2.04 bits per heavy atom. The third kappa shape index (κ3) is 3.03. The highest BCUT2D eigenvalue weighted by atomic mass is 19.4.